The maximum Gasteiger partial charge on any atom is 0.0372 e. The quantitative estimate of drug-likeness (QED) is 0.814. The molecule has 1 aromatic rings. The molecule has 1 aliphatic carbocycles. The first-order chi connectivity index (χ1) is 8.16. The topological polar surface area (TPSA) is 12.0 Å². The van der Waals surface area contributed by atoms with Crippen molar-refractivity contribution in [3.8, 4) is 0 Å². The molecular formula is C15H22BrN. The molecule has 1 nitrogen and oxygen atoms in total. The second-order valence-corrected chi connectivity index (χ2v) is 6.21. The van der Waals surface area contributed by atoms with Crippen LogP contribution in [-0.2, 0) is 0 Å². The van der Waals surface area contributed by atoms with Crippen LogP contribution in [0.2, 0.25) is 0 Å². The normalized spacial score (nSPS) is 19.0. The van der Waals surface area contributed by atoms with Crippen molar-refractivity contribution in [1.82, 2.24) is 0 Å². The van der Waals surface area contributed by atoms with Crippen LogP contribution in [0, 0.1) is 12.8 Å². The molecule has 0 radical (unpaired) electrons. The number of aryl methyl sites for hydroxylation is 1. The zero-order valence-corrected chi connectivity index (χ0v) is 12.4. The van der Waals surface area contributed by atoms with Gasteiger partial charge in [0.1, 0.15) is 0 Å². The van der Waals surface area contributed by atoms with Crippen molar-refractivity contribution < 1.29 is 0 Å². The lowest BCUT2D eigenvalue weighted by Gasteiger charge is -2.29. The number of nitrogens with one attached hydrogen (secondary N) is 1. The summed E-state index contributed by atoms with van der Waals surface area (Å²) in [6, 6.07) is 7.06. The highest BCUT2D eigenvalue weighted by Gasteiger charge is 2.20. The van der Waals surface area contributed by atoms with E-state index >= 15 is 0 Å². The van der Waals surface area contributed by atoms with Crippen molar-refractivity contribution in [2.24, 2.45) is 5.92 Å². The summed E-state index contributed by atoms with van der Waals surface area (Å²) in [5.41, 5.74) is 2.60. The third-order valence-electron chi connectivity index (χ3n) is 3.93. The molecule has 2 heteroatoms. The number of halogens is 1. The average molecular weight is 296 g/mol. The maximum absolute atomic E-state index is 3.69. The number of hydrogen-bond donors (Lipinski definition) is 1. The first kappa shape index (κ1) is 12.9. The molecule has 1 fully saturated rings. The highest BCUT2D eigenvalue weighted by atomic mass is 79.9. The number of rotatable bonds is 3. The maximum atomic E-state index is 3.69. The molecule has 1 saturated carbocycles. The second-order valence-electron chi connectivity index (χ2n) is 5.29. The van der Waals surface area contributed by atoms with E-state index < -0.39 is 0 Å². The fraction of sp³-hybridized carbons (Fsp3) is 0.600. The van der Waals surface area contributed by atoms with Gasteiger partial charge in [0.25, 0.3) is 0 Å². The highest BCUT2D eigenvalue weighted by molar-refractivity contribution is 9.10. The molecule has 17 heavy (non-hydrogen) atoms. The van der Waals surface area contributed by atoms with Gasteiger partial charge in [0.05, 0.1) is 0 Å². The van der Waals surface area contributed by atoms with E-state index in [4.69, 9.17) is 0 Å². The molecule has 0 heterocycles. The molecule has 0 aromatic heterocycles. The zero-order valence-electron chi connectivity index (χ0n) is 10.8. The van der Waals surface area contributed by atoms with Crippen LogP contribution >= 0.6 is 15.9 Å². The van der Waals surface area contributed by atoms with E-state index in [0.717, 1.165) is 10.4 Å². The number of benzene rings is 1. The summed E-state index contributed by atoms with van der Waals surface area (Å²) in [7, 11) is 0. The lowest BCUT2D eigenvalue weighted by molar-refractivity contribution is 0.328. The Morgan fingerprint density at radius 1 is 1.24 bits per heavy atom. The van der Waals surface area contributed by atoms with Crippen molar-refractivity contribution >= 4 is 21.6 Å². The fourth-order valence-corrected chi connectivity index (χ4v) is 3.26. The van der Waals surface area contributed by atoms with Crippen LogP contribution in [0.5, 0.6) is 0 Å². The van der Waals surface area contributed by atoms with Crippen LogP contribution in [0.4, 0.5) is 5.69 Å². The molecule has 1 N–H and O–H groups in total. The zero-order chi connectivity index (χ0) is 12.3. The molecule has 1 atom stereocenters. The van der Waals surface area contributed by atoms with Crippen molar-refractivity contribution in [3.05, 3.63) is 28.2 Å². The van der Waals surface area contributed by atoms with Gasteiger partial charge in [-0.2, -0.15) is 0 Å². The van der Waals surface area contributed by atoms with Gasteiger partial charge in [-0.25, -0.2) is 0 Å². The molecule has 1 aromatic carbocycles. The van der Waals surface area contributed by atoms with E-state index in [2.05, 4.69) is 53.3 Å². The summed E-state index contributed by atoms with van der Waals surface area (Å²) in [4.78, 5) is 0. The number of hydrogen-bond acceptors (Lipinski definition) is 1. The SMILES string of the molecule is Cc1cc(Br)ccc1NC(C)C1CCCCC1. The molecule has 0 amide bonds. The monoisotopic (exact) mass is 295 g/mol. The summed E-state index contributed by atoms with van der Waals surface area (Å²) < 4.78 is 1.16. The van der Waals surface area contributed by atoms with Gasteiger partial charge < -0.3 is 5.32 Å². The fourth-order valence-electron chi connectivity index (χ4n) is 2.79. The molecule has 1 unspecified atom stereocenters. The molecule has 2 rings (SSSR count). The van der Waals surface area contributed by atoms with Gasteiger partial charge in [0.2, 0.25) is 0 Å². The Balaban J connectivity index is 1.99. The van der Waals surface area contributed by atoms with Crippen LogP contribution in [0.25, 0.3) is 0 Å². The van der Waals surface area contributed by atoms with Crippen molar-refractivity contribution in [2.75, 3.05) is 5.32 Å². The first-order valence-electron chi connectivity index (χ1n) is 6.69. The van der Waals surface area contributed by atoms with E-state index in [9.17, 15) is 0 Å². The molecular weight excluding hydrogens is 274 g/mol. The molecule has 0 saturated heterocycles. The molecule has 0 spiro atoms. The van der Waals surface area contributed by atoms with Gasteiger partial charge in [-0.1, -0.05) is 35.2 Å². The van der Waals surface area contributed by atoms with Gasteiger partial charge in [0.15, 0.2) is 0 Å². The van der Waals surface area contributed by atoms with Crippen LogP contribution in [-0.4, -0.2) is 6.04 Å². The summed E-state index contributed by atoms with van der Waals surface area (Å²) in [6.45, 7) is 4.50. The standard InChI is InChI=1S/C15H22BrN/c1-11-10-14(16)8-9-15(11)17-12(2)13-6-4-3-5-7-13/h8-10,12-13,17H,3-7H2,1-2H3. The Morgan fingerprint density at radius 2 is 1.94 bits per heavy atom. The van der Waals surface area contributed by atoms with Gasteiger partial charge in [-0.3, -0.25) is 0 Å². The van der Waals surface area contributed by atoms with Crippen molar-refractivity contribution in [3.63, 3.8) is 0 Å². The minimum atomic E-state index is 0.593. The molecule has 0 aliphatic heterocycles. The summed E-state index contributed by atoms with van der Waals surface area (Å²) in [5.74, 6) is 0.854. The van der Waals surface area contributed by atoms with E-state index in [1.54, 1.807) is 0 Å². The van der Waals surface area contributed by atoms with Gasteiger partial charge in [-0.15, -0.1) is 0 Å². The molecule has 94 valence electrons. The lowest BCUT2D eigenvalue weighted by Crippen LogP contribution is -2.27. The Kier molecular flexibility index (Phi) is 4.49. The van der Waals surface area contributed by atoms with Crippen LogP contribution in [0.15, 0.2) is 22.7 Å². The van der Waals surface area contributed by atoms with E-state index in [1.165, 1.54) is 43.4 Å². The van der Waals surface area contributed by atoms with Crippen LogP contribution in [0.3, 0.4) is 0 Å². The lowest BCUT2D eigenvalue weighted by atomic mass is 9.84. The van der Waals surface area contributed by atoms with Crippen molar-refractivity contribution in [1.29, 1.82) is 0 Å². The summed E-state index contributed by atoms with van der Waals surface area (Å²) in [6.07, 6.45) is 7.04. The minimum Gasteiger partial charge on any atom is -0.382 e. The molecule has 0 bridgehead atoms. The Hall–Kier alpha value is -0.500. The van der Waals surface area contributed by atoms with Crippen LogP contribution in [0.1, 0.15) is 44.6 Å². The highest BCUT2D eigenvalue weighted by Crippen LogP contribution is 2.29. The van der Waals surface area contributed by atoms with E-state index in [1.807, 2.05) is 0 Å². The summed E-state index contributed by atoms with van der Waals surface area (Å²) >= 11 is 3.51. The Morgan fingerprint density at radius 3 is 2.59 bits per heavy atom. The molecule has 1 aliphatic rings. The average Bonchev–Trinajstić information content (AvgIpc) is 2.34. The van der Waals surface area contributed by atoms with E-state index in [0.29, 0.717) is 6.04 Å². The Bertz CT molecular complexity index is 369. The second kappa shape index (κ2) is 5.90. The first-order valence-corrected chi connectivity index (χ1v) is 7.49. The van der Waals surface area contributed by atoms with Gasteiger partial charge in [0, 0.05) is 16.2 Å². The van der Waals surface area contributed by atoms with Gasteiger partial charge >= 0.3 is 0 Å². The third kappa shape index (κ3) is 3.48. The van der Waals surface area contributed by atoms with Crippen molar-refractivity contribution in [2.45, 2.75) is 52.0 Å². The predicted octanol–water partition coefficient (Wildman–Crippen LogP) is 5.14. The summed E-state index contributed by atoms with van der Waals surface area (Å²) in [5, 5.41) is 3.69. The minimum absolute atomic E-state index is 0.593. The predicted molar refractivity (Wildman–Crippen MR) is 78.5 cm³/mol. The van der Waals surface area contributed by atoms with E-state index in [-0.39, 0.29) is 0 Å². The number of anilines is 1. The smallest absolute Gasteiger partial charge is 0.0372 e. The third-order valence-corrected chi connectivity index (χ3v) is 4.42. The largest absolute Gasteiger partial charge is 0.382 e. The van der Waals surface area contributed by atoms with Gasteiger partial charge in [-0.05, 0) is 56.4 Å². The Labute approximate surface area is 113 Å². The van der Waals surface area contributed by atoms with Crippen LogP contribution < -0.4 is 5.32 Å².